The summed E-state index contributed by atoms with van der Waals surface area (Å²) in [7, 11) is 0. The van der Waals surface area contributed by atoms with Gasteiger partial charge in [0.1, 0.15) is 17.4 Å². The van der Waals surface area contributed by atoms with E-state index in [9.17, 15) is 0 Å². The van der Waals surface area contributed by atoms with Gasteiger partial charge in [0.15, 0.2) is 0 Å². The van der Waals surface area contributed by atoms with Gasteiger partial charge in [0, 0.05) is 24.7 Å². The SMILES string of the molecule is c1cnc2c(OC3CNC3)cccc2c1. The first kappa shape index (κ1) is 8.68. The molecule has 0 spiro atoms. The summed E-state index contributed by atoms with van der Waals surface area (Å²) in [6, 6.07) is 10.0. The summed E-state index contributed by atoms with van der Waals surface area (Å²) < 4.78 is 5.84. The summed E-state index contributed by atoms with van der Waals surface area (Å²) in [6.45, 7) is 1.87. The fraction of sp³-hybridized carbons (Fsp3) is 0.250. The molecule has 15 heavy (non-hydrogen) atoms. The van der Waals surface area contributed by atoms with E-state index in [0.29, 0.717) is 6.10 Å². The topological polar surface area (TPSA) is 34.1 Å². The number of hydrogen-bond acceptors (Lipinski definition) is 3. The van der Waals surface area contributed by atoms with Crippen LogP contribution in [0.15, 0.2) is 36.5 Å². The molecule has 1 aromatic heterocycles. The second-order valence-electron chi connectivity index (χ2n) is 3.73. The lowest BCUT2D eigenvalue weighted by atomic mass is 10.2. The first-order chi connectivity index (χ1) is 7.43. The summed E-state index contributed by atoms with van der Waals surface area (Å²) in [5.41, 5.74) is 0.951. The van der Waals surface area contributed by atoms with Crippen molar-refractivity contribution in [3.8, 4) is 5.75 Å². The Balaban J connectivity index is 2.01. The van der Waals surface area contributed by atoms with Gasteiger partial charge in [-0.25, -0.2) is 0 Å². The molecule has 0 amide bonds. The third-order valence-electron chi connectivity index (χ3n) is 2.63. The van der Waals surface area contributed by atoms with Crippen molar-refractivity contribution >= 4 is 10.9 Å². The smallest absolute Gasteiger partial charge is 0.146 e. The summed E-state index contributed by atoms with van der Waals surface area (Å²) >= 11 is 0. The monoisotopic (exact) mass is 200 g/mol. The van der Waals surface area contributed by atoms with Gasteiger partial charge < -0.3 is 10.1 Å². The number of aromatic nitrogens is 1. The van der Waals surface area contributed by atoms with Crippen molar-refractivity contribution in [2.75, 3.05) is 13.1 Å². The van der Waals surface area contributed by atoms with Crippen LogP contribution in [0.4, 0.5) is 0 Å². The molecule has 3 heteroatoms. The molecule has 1 saturated heterocycles. The molecule has 0 bridgehead atoms. The Labute approximate surface area is 88.1 Å². The van der Waals surface area contributed by atoms with E-state index in [1.165, 1.54) is 0 Å². The highest BCUT2D eigenvalue weighted by Crippen LogP contribution is 2.24. The zero-order valence-corrected chi connectivity index (χ0v) is 8.31. The van der Waals surface area contributed by atoms with Crippen molar-refractivity contribution in [2.45, 2.75) is 6.10 Å². The minimum absolute atomic E-state index is 0.303. The zero-order valence-electron chi connectivity index (χ0n) is 8.31. The lowest BCUT2D eigenvalue weighted by Crippen LogP contribution is -2.50. The van der Waals surface area contributed by atoms with Gasteiger partial charge in [0.25, 0.3) is 0 Å². The molecule has 76 valence electrons. The van der Waals surface area contributed by atoms with Crippen LogP contribution in [0.1, 0.15) is 0 Å². The Bertz CT molecular complexity index is 475. The number of hydrogen-bond donors (Lipinski definition) is 1. The Morgan fingerprint density at radius 2 is 2.07 bits per heavy atom. The molecule has 2 aromatic rings. The molecule has 2 heterocycles. The van der Waals surface area contributed by atoms with Crippen LogP contribution in [0.3, 0.4) is 0 Å². The van der Waals surface area contributed by atoms with Crippen LogP contribution in [0.2, 0.25) is 0 Å². The Hall–Kier alpha value is -1.61. The predicted octanol–water partition coefficient (Wildman–Crippen LogP) is 1.59. The lowest BCUT2D eigenvalue weighted by Gasteiger charge is -2.28. The molecule has 1 aliphatic rings. The molecule has 1 aliphatic heterocycles. The molecular formula is C12H12N2O. The van der Waals surface area contributed by atoms with Gasteiger partial charge in [-0.3, -0.25) is 4.98 Å². The fourth-order valence-corrected chi connectivity index (χ4v) is 1.70. The Kier molecular flexibility index (Phi) is 2.03. The molecule has 1 N–H and O–H groups in total. The molecular weight excluding hydrogens is 188 g/mol. The van der Waals surface area contributed by atoms with Gasteiger partial charge in [0.05, 0.1) is 0 Å². The number of pyridine rings is 1. The second-order valence-corrected chi connectivity index (χ2v) is 3.73. The fourth-order valence-electron chi connectivity index (χ4n) is 1.70. The molecule has 0 saturated carbocycles. The van der Waals surface area contributed by atoms with Gasteiger partial charge in [-0.15, -0.1) is 0 Å². The van der Waals surface area contributed by atoms with E-state index in [0.717, 1.165) is 29.7 Å². The number of nitrogens with zero attached hydrogens (tertiary/aromatic N) is 1. The molecule has 1 aromatic carbocycles. The predicted molar refractivity (Wildman–Crippen MR) is 59.0 cm³/mol. The average molecular weight is 200 g/mol. The van der Waals surface area contributed by atoms with E-state index in [2.05, 4.69) is 10.3 Å². The second kappa shape index (κ2) is 3.51. The number of ether oxygens (including phenoxy) is 1. The zero-order chi connectivity index (χ0) is 10.1. The molecule has 0 radical (unpaired) electrons. The third kappa shape index (κ3) is 1.55. The van der Waals surface area contributed by atoms with Crippen molar-refractivity contribution in [1.82, 2.24) is 10.3 Å². The maximum absolute atomic E-state index is 5.84. The van der Waals surface area contributed by atoms with Crippen molar-refractivity contribution in [1.29, 1.82) is 0 Å². The van der Waals surface area contributed by atoms with E-state index < -0.39 is 0 Å². The quantitative estimate of drug-likeness (QED) is 0.799. The number of benzene rings is 1. The first-order valence-corrected chi connectivity index (χ1v) is 5.14. The Morgan fingerprint density at radius 1 is 1.20 bits per heavy atom. The number of rotatable bonds is 2. The average Bonchev–Trinajstić information content (AvgIpc) is 2.23. The molecule has 0 atom stereocenters. The van der Waals surface area contributed by atoms with Crippen molar-refractivity contribution in [2.24, 2.45) is 0 Å². The highest BCUT2D eigenvalue weighted by Gasteiger charge is 2.19. The van der Waals surface area contributed by atoms with Crippen LogP contribution < -0.4 is 10.1 Å². The largest absolute Gasteiger partial charge is 0.485 e. The minimum atomic E-state index is 0.303. The van der Waals surface area contributed by atoms with Crippen LogP contribution in [0.5, 0.6) is 5.75 Å². The van der Waals surface area contributed by atoms with E-state index in [4.69, 9.17) is 4.74 Å². The van der Waals surface area contributed by atoms with Crippen molar-refractivity contribution < 1.29 is 4.74 Å². The maximum atomic E-state index is 5.84. The number of nitrogens with one attached hydrogen (secondary N) is 1. The lowest BCUT2D eigenvalue weighted by molar-refractivity contribution is 0.144. The van der Waals surface area contributed by atoms with E-state index in [1.54, 1.807) is 6.20 Å². The van der Waals surface area contributed by atoms with Crippen LogP contribution >= 0.6 is 0 Å². The molecule has 0 unspecified atom stereocenters. The summed E-state index contributed by atoms with van der Waals surface area (Å²) in [5, 5.41) is 4.31. The van der Waals surface area contributed by atoms with Crippen LogP contribution in [0.25, 0.3) is 10.9 Å². The molecule has 1 fully saturated rings. The molecule has 3 rings (SSSR count). The van der Waals surface area contributed by atoms with Gasteiger partial charge in [0.2, 0.25) is 0 Å². The van der Waals surface area contributed by atoms with Crippen LogP contribution in [-0.2, 0) is 0 Å². The first-order valence-electron chi connectivity index (χ1n) is 5.14. The van der Waals surface area contributed by atoms with Gasteiger partial charge >= 0.3 is 0 Å². The van der Waals surface area contributed by atoms with Crippen molar-refractivity contribution in [3.05, 3.63) is 36.5 Å². The standard InChI is InChI=1S/C12H12N2O/c1-3-9-4-2-6-14-12(9)11(5-1)15-10-7-13-8-10/h1-6,10,13H,7-8H2. The number of fused-ring (bicyclic) bond motifs is 1. The number of para-hydroxylation sites is 1. The van der Waals surface area contributed by atoms with E-state index in [-0.39, 0.29) is 0 Å². The van der Waals surface area contributed by atoms with Crippen LogP contribution in [-0.4, -0.2) is 24.2 Å². The molecule has 0 aliphatic carbocycles. The van der Waals surface area contributed by atoms with E-state index in [1.807, 2.05) is 30.3 Å². The third-order valence-corrected chi connectivity index (χ3v) is 2.63. The highest BCUT2D eigenvalue weighted by atomic mass is 16.5. The normalized spacial score (nSPS) is 16.3. The maximum Gasteiger partial charge on any atom is 0.146 e. The van der Waals surface area contributed by atoms with Gasteiger partial charge in [-0.1, -0.05) is 18.2 Å². The summed E-state index contributed by atoms with van der Waals surface area (Å²) in [5.74, 6) is 0.889. The van der Waals surface area contributed by atoms with Gasteiger partial charge in [-0.2, -0.15) is 0 Å². The van der Waals surface area contributed by atoms with Gasteiger partial charge in [-0.05, 0) is 12.1 Å². The molecule has 3 nitrogen and oxygen atoms in total. The van der Waals surface area contributed by atoms with E-state index >= 15 is 0 Å². The van der Waals surface area contributed by atoms with Crippen molar-refractivity contribution in [3.63, 3.8) is 0 Å². The summed E-state index contributed by atoms with van der Waals surface area (Å²) in [6.07, 6.45) is 2.10. The van der Waals surface area contributed by atoms with Crippen LogP contribution in [0, 0.1) is 0 Å². The summed E-state index contributed by atoms with van der Waals surface area (Å²) in [4.78, 5) is 4.35. The minimum Gasteiger partial charge on any atom is -0.485 e. The Morgan fingerprint density at radius 3 is 2.87 bits per heavy atom. The highest BCUT2D eigenvalue weighted by molar-refractivity contribution is 5.84.